The molecule has 0 aromatic heterocycles. The first-order valence-electron chi connectivity index (χ1n) is 6.06. The number of aryl methyl sites for hydroxylation is 1. The minimum atomic E-state index is 0.662. The van der Waals surface area contributed by atoms with E-state index >= 15 is 0 Å². The van der Waals surface area contributed by atoms with Crippen LogP contribution < -0.4 is 15.4 Å². The second-order valence-electron chi connectivity index (χ2n) is 4.13. The van der Waals surface area contributed by atoms with E-state index in [0.717, 1.165) is 30.9 Å². The number of fused-ring (bicyclic) bond motifs is 1. The standard InChI is InChI=1S/C13H20N2O/c1-3-15-7-5-6-10-8-11(14)13(16-4-2)9-12(10)15/h8-9H,3-7,14H2,1-2H3. The van der Waals surface area contributed by atoms with Crippen LogP contribution in [0.1, 0.15) is 25.8 Å². The van der Waals surface area contributed by atoms with Gasteiger partial charge in [-0.15, -0.1) is 0 Å². The molecule has 1 aliphatic rings. The van der Waals surface area contributed by atoms with Crippen LogP contribution in [0.15, 0.2) is 12.1 Å². The van der Waals surface area contributed by atoms with Gasteiger partial charge in [0.2, 0.25) is 0 Å². The lowest BCUT2D eigenvalue weighted by Gasteiger charge is -2.31. The highest BCUT2D eigenvalue weighted by Gasteiger charge is 2.17. The summed E-state index contributed by atoms with van der Waals surface area (Å²) in [7, 11) is 0. The second-order valence-corrected chi connectivity index (χ2v) is 4.13. The minimum absolute atomic E-state index is 0.662. The van der Waals surface area contributed by atoms with Gasteiger partial charge in [0, 0.05) is 24.8 Å². The van der Waals surface area contributed by atoms with Gasteiger partial charge in [-0.1, -0.05) is 0 Å². The van der Waals surface area contributed by atoms with E-state index in [1.807, 2.05) is 6.92 Å². The number of anilines is 2. The Kier molecular flexibility index (Phi) is 3.22. The van der Waals surface area contributed by atoms with Crippen LogP contribution in [-0.2, 0) is 6.42 Å². The van der Waals surface area contributed by atoms with Crippen molar-refractivity contribution in [3.8, 4) is 5.75 Å². The number of hydrogen-bond donors (Lipinski definition) is 1. The molecule has 0 bridgehead atoms. The van der Waals surface area contributed by atoms with Gasteiger partial charge < -0.3 is 15.4 Å². The summed E-state index contributed by atoms with van der Waals surface area (Å²) >= 11 is 0. The van der Waals surface area contributed by atoms with Gasteiger partial charge in [-0.3, -0.25) is 0 Å². The molecule has 3 nitrogen and oxygen atoms in total. The molecule has 1 aromatic carbocycles. The van der Waals surface area contributed by atoms with Gasteiger partial charge in [0.25, 0.3) is 0 Å². The Balaban J connectivity index is 2.39. The van der Waals surface area contributed by atoms with Gasteiger partial charge in [0.15, 0.2) is 0 Å². The van der Waals surface area contributed by atoms with Crippen molar-refractivity contribution in [2.75, 3.05) is 30.3 Å². The molecular weight excluding hydrogens is 200 g/mol. The Bertz CT molecular complexity index is 376. The SMILES string of the molecule is CCOc1cc2c(cc1N)CCCN2CC. The quantitative estimate of drug-likeness (QED) is 0.795. The highest BCUT2D eigenvalue weighted by molar-refractivity contribution is 5.67. The van der Waals surface area contributed by atoms with Gasteiger partial charge >= 0.3 is 0 Å². The maximum absolute atomic E-state index is 5.97. The van der Waals surface area contributed by atoms with Crippen molar-refractivity contribution in [3.63, 3.8) is 0 Å². The molecule has 1 aliphatic heterocycles. The molecule has 2 N–H and O–H groups in total. The van der Waals surface area contributed by atoms with Crippen LogP contribution in [0.3, 0.4) is 0 Å². The molecular formula is C13H20N2O. The Morgan fingerprint density at radius 1 is 1.38 bits per heavy atom. The lowest BCUT2D eigenvalue weighted by Crippen LogP contribution is -2.29. The zero-order valence-electron chi connectivity index (χ0n) is 10.1. The van der Waals surface area contributed by atoms with Crippen molar-refractivity contribution in [2.45, 2.75) is 26.7 Å². The molecule has 0 spiro atoms. The van der Waals surface area contributed by atoms with Gasteiger partial charge in [-0.05, 0) is 38.3 Å². The van der Waals surface area contributed by atoms with Crippen LogP contribution in [0.5, 0.6) is 5.75 Å². The zero-order valence-corrected chi connectivity index (χ0v) is 10.1. The third-order valence-electron chi connectivity index (χ3n) is 3.11. The summed E-state index contributed by atoms with van der Waals surface area (Å²) in [4.78, 5) is 2.39. The molecule has 88 valence electrons. The maximum Gasteiger partial charge on any atom is 0.144 e. The maximum atomic E-state index is 5.97. The average molecular weight is 220 g/mol. The summed E-state index contributed by atoms with van der Waals surface area (Å²) in [6.45, 7) is 7.01. The number of nitrogen functional groups attached to an aromatic ring is 1. The molecule has 0 radical (unpaired) electrons. The van der Waals surface area contributed by atoms with E-state index in [4.69, 9.17) is 10.5 Å². The Hall–Kier alpha value is -1.38. The van der Waals surface area contributed by atoms with Crippen molar-refractivity contribution < 1.29 is 4.74 Å². The fraction of sp³-hybridized carbons (Fsp3) is 0.538. The molecule has 16 heavy (non-hydrogen) atoms. The predicted octanol–water partition coefficient (Wildman–Crippen LogP) is 2.44. The highest BCUT2D eigenvalue weighted by Crippen LogP contribution is 2.35. The van der Waals surface area contributed by atoms with Gasteiger partial charge in [-0.2, -0.15) is 0 Å². The first-order chi connectivity index (χ1) is 7.76. The van der Waals surface area contributed by atoms with E-state index in [-0.39, 0.29) is 0 Å². The van der Waals surface area contributed by atoms with Gasteiger partial charge in [0.1, 0.15) is 5.75 Å². The van der Waals surface area contributed by atoms with Crippen LogP contribution in [0.4, 0.5) is 11.4 Å². The number of nitrogens with two attached hydrogens (primary N) is 1. The van der Waals surface area contributed by atoms with Crippen LogP contribution in [0, 0.1) is 0 Å². The third-order valence-corrected chi connectivity index (χ3v) is 3.11. The fourth-order valence-corrected chi connectivity index (χ4v) is 2.32. The summed E-state index contributed by atoms with van der Waals surface area (Å²) in [5.74, 6) is 0.821. The Morgan fingerprint density at radius 3 is 2.88 bits per heavy atom. The van der Waals surface area contributed by atoms with Crippen LogP contribution >= 0.6 is 0 Å². The van der Waals surface area contributed by atoms with Crippen LogP contribution in [-0.4, -0.2) is 19.7 Å². The number of rotatable bonds is 3. The molecule has 1 heterocycles. The Labute approximate surface area is 97.2 Å². The summed E-state index contributed by atoms with van der Waals surface area (Å²) in [6.07, 6.45) is 2.34. The van der Waals surface area contributed by atoms with E-state index in [9.17, 15) is 0 Å². The summed E-state index contributed by atoms with van der Waals surface area (Å²) < 4.78 is 5.54. The summed E-state index contributed by atoms with van der Waals surface area (Å²) in [5.41, 5.74) is 9.39. The third kappa shape index (κ3) is 1.94. The predicted molar refractivity (Wildman–Crippen MR) is 68.2 cm³/mol. The normalized spacial score (nSPS) is 14.8. The first-order valence-corrected chi connectivity index (χ1v) is 6.06. The highest BCUT2D eigenvalue weighted by atomic mass is 16.5. The first kappa shape index (κ1) is 11.1. The van der Waals surface area contributed by atoms with E-state index in [0.29, 0.717) is 6.61 Å². The van der Waals surface area contributed by atoms with Crippen molar-refractivity contribution in [1.82, 2.24) is 0 Å². The molecule has 3 heteroatoms. The molecule has 0 fully saturated rings. The van der Waals surface area contributed by atoms with E-state index < -0.39 is 0 Å². The van der Waals surface area contributed by atoms with Gasteiger partial charge in [-0.25, -0.2) is 0 Å². The number of hydrogen-bond acceptors (Lipinski definition) is 3. The van der Waals surface area contributed by atoms with Gasteiger partial charge in [0.05, 0.1) is 12.3 Å². The summed E-state index contributed by atoms with van der Waals surface area (Å²) in [5, 5.41) is 0. The van der Waals surface area contributed by atoms with Crippen molar-refractivity contribution in [3.05, 3.63) is 17.7 Å². The van der Waals surface area contributed by atoms with E-state index in [2.05, 4.69) is 24.0 Å². The number of nitrogens with zero attached hydrogens (tertiary/aromatic N) is 1. The molecule has 0 saturated heterocycles. The van der Waals surface area contributed by atoms with Crippen molar-refractivity contribution >= 4 is 11.4 Å². The minimum Gasteiger partial charge on any atom is -0.492 e. The van der Waals surface area contributed by atoms with Crippen LogP contribution in [0.2, 0.25) is 0 Å². The molecule has 0 saturated carbocycles. The number of ether oxygens (including phenoxy) is 1. The monoisotopic (exact) mass is 220 g/mol. The smallest absolute Gasteiger partial charge is 0.144 e. The molecule has 0 unspecified atom stereocenters. The molecule has 2 rings (SSSR count). The van der Waals surface area contributed by atoms with E-state index in [1.54, 1.807) is 0 Å². The van der Waals surface area contributed by atoms with Crippen molar-refractivity contribution in [1.29, 1.82) is 0 Å². The largest absolute Gasteiger partial charge is 0.492 e. The van der Waals surface area contributed by atoms with Crippen molar-refractivity contribution in [2.24, 2.45) is 0 Å². The molecule has 0 amide bonds. The average Bonchev–Trinajstić information content (AvgIpc) is 2.29. The summed E-state index contributed by atoms with van der Waals surface area (Å²) in [6, 6.07) is 4.17. The topological polar surface area (TPSA) is 38.5 Å². The zero-order chi connectivity index (χ0) is 11.5. The fourth-order valence-electron chi connectivity index (χ4n) is 2.32. The van der Waals surface area contributed by atoms with E-state index in [1.165, 1.54) is 17.7 Å². The second kappa shape index (κ2) is 4.64. The Morgan fingerprint density at radius 2 is 2.19 bits per heavy atom. The lowest BCUT2D eigenvalue weighted by molar-refractivity contribution is 0.342. The molecule has 1 aromatic rings. The molecule has 0 aliphatic carbocycles. The lowest BCUT2D eigenvalue weighted by atomic mass is 10.0. The van der Waals surface area contributed by atoms with Crippen LogP contribution in [0.25, 0.3) is 0 Å². The number of benzene rings is 1. The molecule has 0 atom stereocenters.